The molecule has 118 valence electrons. The normalized spacial score (nSPS) is 10.0. The van der Waals surface area contributed by atoms with Crippen LogP contribution in [0.3, 0.4) is 0 Å². The minimum atomic E-state index is -0.323. The Bertz CT molecular complexity index is 772. The number of nitriles is 1. The van der Waals surface area contributed by atoms with Gasteiger partial charge in [-0.3, -0.25) is 4.79 Å². The highest BCUT2D eigenvalue weighted by Crippen LogP contribution is 2.25. The van der Waals surface area contributed by atoms with Crippen molar-refractivity contribution in [1.29, 1.82) is 5.26 Å². The van der Waals surface area contributed by atoms with Crippen molar-refractivity contribution in [3.05, 3.63) is 62.6 Å². The molecule has 0 radical (unpaired) electrons. The first kappa shape index (κ1) is 17.4. The molecule has 0 bridgehead atoms. The molecule has 0 heterocycles. The maximum absolute atomic E-state index is 11.8. The van der Waals surface area contributed by atoms with Crippen LogP contribution in [-0.4, -0.2) is 12.5 Å². The third-order valence-corrected chi connectivity index (χ3v) is 3.79. The average molecular weight is 370 g/mol. The summed E-state index contributed by atoms with van der Waals surface area (Å²) >= 11 is 17.8. The Balaban J connectivity index is 1.87. The zero-order valence-electron chi connectivity index (χ0n) is 11.8. The largest absolute Gasteiger partial charge is 0.482 e. The Morgan fingerprint density at radius 3 is 2.57 bits per heavy atom. The summed E-state index contributed by atoms with van der Waals surface area (Å²) in [5.41, 5.74) is 1.17. The van der Waals surface area contributed by atoms with Crippen LogP contribution in [0.4, 0.5) is 0 Å². The molecule has 0 fully saturated rings. The van der Waals surface area contributed by atoms with Crippen LogP contribution in [0.15, 0.2) is 36.4 Å². The van der Waals surface area contributed by atoms with Gasteiger partial charge in [0.25, 0.3) is 5.91 Å². The van der Waals surface area contributed by atoms with Crippen molar-refractivity contribution in [2.75, 3.05) is 6.61 Å². The molecule has 1 amide bonds. The van der Waals surface area contributed by atoms with Gasteiger partial charge in [0.2, 0.25) is 0 Å². The van der Waals surface area contributed by atoms with Crippen molar-refractivity contribution >= 4 is 40.7 Å². The third-order valence-electron chi connectivity index (χ3n) is 2.91. The minimum absolute atomic E-state index is 0.198. The quantitative estimate of drug-likeness (QED) is 0.858. The molecule has 0 atom stereocenters. The second-order valence-corrected chi connectivity index (χ2v) is 5.81. The van der Waals surface area contributed by atoms with Crippen molar-refractivity contribution in [3.8, 4) is 11.8 Å². The summed E-state index contributed by atoms with van der Waals surface area (Å²) in [5.74, 6) is 0.0155. The first-order chi connectivity index (χ1) is 11.0. The summed E-state index contributed by atoms with van der Waals surface area (Å²) in [5, 5.41) is 12.7. The van der Waals surface area contributed by atoms with E-state index in [1.165, 1.54) is 6.07 Å². The highest BCUT2D eigenvalue weighted by molar-refractivity contribution is 6.35. The molecule has 0 aliphatic heterocycles. The summed E-state index contributed by atoms with van der Waals surface area (Å²) in [6, 6.07) is 11.6. The number of amides is 1. The van der Waals surface area contributed by atoms with E-state index in [0.717, 1.165) is 5.56 Å². The summed E-state index contributed by atoms with van der Waals surface area (Å²) < 4.78 is 5.33. The molecule has 2 aromatic rings. The second-order valence-electron chi connectivity index (χ2n) is 4.56. The molecule has 2 rings (SSSR count). The van der Waals surface area contributed by atoms with E-state index in [1.54, 1.807) is 30.3 Å². The van der Waals surface area contributed by atoms with E-state index in [-0.39, 0.29) is 24.1 Å². The number of carbonyl (C=O) groups is 1. The first-order valence-corrected chi connectivity index (χ1v) is 7.66. The molecule has 0 unspecified atom stereocenters. The smallest absolute Gasteiger partial charge is 0.258 e. The molecular weight excluding hydrogens is 359 g/mol. The number of hydrogen-bond donors (Lipinski definition) is 1. The number of benzene rings is 2. The van der Waals surface area contributed by atoms with E-state index in [2.05, 4.69) is 5.32 Å². The average Bonchev–Trinajstić information content (AvgIpc) is 2.52. The number of halogens is 3. The third kappa shape index (κ3) is 5.04. The van der Waals surface area contributed by atoms with Gasteiger partial charge in [0, 0.05) is 16.6 Å². The fraction of sp³-hybridized carbons (Fsp3) is 0.125. The molecule has 23 heavy (non-hydrogen) atoms. The van der Waals surface area contributed by atoms with Crippen LogP contribution in [0.1, 0.15) is 11.1 Å². The van der Waals surface area contributed by atoms with Gasteiger partial charge in [0.15, 0.2) is 6.61 Å². The Labute approximate surface area is 148 Å². The van der Waals surface area contributed by atoms with Crippen molar-refractivity contribution in [3.63, 3.8) is 0 Å². The van der Waals surface area contributed by atoms with Crippen LogP contribution in [-0.2, 0) is 11.3 Å². The van der Waals surface area contributed by atoms with Gasteiger partial charge < -0.3 is 10.1 Å². The number of carbonyl (C=O) groups excluding carboxylic acids is 1. The van der Waals surface area contributed by atoms with Gasteiger partial charge in [-0.1, -0.05) is 40.9 Å². The minimum Gasteiger partial charge on any atom is -0.482 e. The summed E-state index contributed by atoms with van der Waals surface area (Å²) in [6.45, 7) is 0.0656. The highest BCUT2D eigenvalue weighted by atomic mass is 35.5. The predicted molar refractivity (Wildman–Crippen MR) is 90.0 cm³/mol. The van der Waals surface area contributed by atoms with Crippen LogP contribution in [0.2, 0.25) is 15.1 Å². The number of nitrogens with zero attached hydrogens (tertiary/aromatic N) is 1. The molecule has 1 N–H and O–H groups in total. The molecule has 2 aromatic carbocycles. The standard InChI is InChI=1S/C16H11Cl3N2O2/c17-12-3-2-11(13(18)6-12)8-21-16(22)9-23-15-4-1-10(7-20)5-14(15)19/h1-6H,8-9H2,(H,21,22). The molecule has 0 aromatic heterocycles. The van der Waals surface area contributed by atoms with Gasteiger partial charge in [-0.2, -0.15) is 5.26 Å². The van der Waals surface area contributed by atoms with Gasteiger partial charge in [0.05, 0.1) is 16.7 Å². The lowest BCUT2D eigenvalue weighted by Crippen LogP contribution is -2.28. The molecule has 0 spiro atoms. The van der Waals surface area contributed by atoms with E-state index >= 15 is 0 Å². The fourth-order valence-corrected chi connectivity index (χ4v) is 2.45. The van der Waals surface area contributed by atoms with Crippen LogP contribution in [0.25, 0.3) is 0 Å². The van der Waals surface area contributed by atoms with Crippen molar-refractivity contribution < 1.29 is 9.53 Å². The van der Waals surface area contributed by atoms with Gasteiger partial charge in [-0.15, -0.1) is 0 Å². The summed E-state index contributed by atoms with van der Waals surface area (Å²) in [7, 11) is 0. The Morgan fingerprint density at radius 2 is 1.91 bits per heavy atom. The zero-order chi connectivity index (χ0) is 16.8. The lowest BCUT2D eigenvalue weighted by Gasteiger charge is -2.10. The Morgan fingerprint density at radius 1 is 1.13 bits per heavy atom. The van der Waals surface area contributed by atoms with Crippen molar-refractivity contribution in [2.24, 2.45) is 0 Å². The first-order valence-electron chi connectivity index (χ1n) is 6.52. The van der Waals surface area contributed by atoms with Gasteiger partial charge >= 0.3 is 0 Å². The van der Waals surface area contributed by atoms with Gasteiger partial charge in [-0.05, 0) is 35.9 Å². The topological polar surface area (TPSA) is 62.1 Å². The lowest BCUT2D eigenvalue weighted by molar-refractivity contribution is -0.123. The van der Waals surface area contributed by atoms with Gasteiger partial charge in [0.1, 0.15) is 5.75 Å². The van der Waals surface area contributed by atoms with Crippen LogP contribution >= 0.6 is 34.8 Å². The molecule has 7 heteroatoms. The monoisotopic (exact) mass is 368 g/mol. The molecule has 0 saturated carbocycles. The van der Waals surface area contributed by atoms with E-state index in [4.69, 9.17) is 44.8 Å². The highest BCUT2D eigenvalue weighted by Gasteiger charge is 2.08. The van der Waals surface area contributed by atoms with Crippen LogP contribution in [0.5, 0.6) is 5.75 Å². The SMILES string of the molecule is N#Cc1ccc(OCC(=O)NCc2ccc(Cl)cc2Cl)c(Cl)c1. The Hall–Kier alpha value is -1.93. The van der Waals surface area contributed by atoms with Crippen molar-refractivity contribution in [1.82, 2.24) is 5.32 Å². The molecule has 0 aliphatic rings. The predicted octanol–water partition coefficient (Wildman–Crippen LogP) is 4.21. The van der Waals surface area contributed by atoms with E-state index in [9.17, 15) is 4.79 Å². The van der Waals surface area contributed by atoms with E-state index in [1.807, 2.05) is 6.07 Å². The number of rotatable bonds is 5. The van der Waals surface area contributed by atoms with Gasteiger partial charge in [-0.25, -0.2) is 0 Å². The maximum atomic E-state index is 11.8. The summed E-state index contributed by atoms with van der Waals surface area (Å²) in [6.07, 6.45) is 0. The Kier molecular flexibility index (Phi) is 6.12. The number of nitrogens with one attached hydrogen (secondary N) is 1. The van der Waals surface area contributed by atoms with E-state index in [0.29, 0.717) is 21.4 Å². The fourth-order valence-electron chi connectivity index (χ4n) is 1.74. The second kappa shape index (κ2) is 8.07. The number of ether oxygens (including phenoxy) is 1. The molecule has 0 saturated heterocycles. The van der Waals surface area contributed by atoms with Crippen molar-refractivity contribution in [2.45, 2.75) is 6.54 Å². The maximum Gasteiger partial charge on any atom is 0.258 e. The molecule has 0 aliphatic carbocycles. The zero-order valence-corrected chi connectivity index (χ0v) is 14.0. The molecule has 4 nitrogen and oxygen atoms in total. The van der Waals surface area contributed by atoms with Crippen LogP contribution < -0.4 is 10.1 Å². The number of hydrogen-bond acceptors (Lipinski definition) is 3. The lowest BCUT2D eigenvalue weighted by atomic mass is 10.2. The summed E-state index contributed by atoms with van der Waals surface area (Å²) in [4.78, 5) is 11.8. The molecular formula is C16H11Cl3N2O2. The van der Waals surface area contributed by atoms with Crippen LogP contribution in [0, 0.1) is 11.3 Å². The van der Waals surface area contributed by atoms with E-state index < -0.39 is 0 Å².